The number of aromatic nitrogens is 1. The Bertz CT molecular complexity index is 877. The average molecular weight is 391 g/mol. The molecule has 27 heavy (non-hydrogen) atoms. The van der Waals surface area contributed by atoms with E-state index in [0.29, 0.717) is 21.7 Å². The normalized spacial score (nSPS) is 11.9. The lowest BCUT2D eigenvalue weighted by molar-refractivity contribution is 0.0321. The molecule has 0 radical (unpaired) electrons. The number of methoxy groups -OCH3 is 1. The molecule has 0 bridgehead atoms. The van der Waals surface area contributed by atoms with Crippen LogP contribution >= 0.6 is 11.3 Å². The zero-order valence-corrected chi connectivity index (χ0v) is 17.3. The van der Waals surface area contributed by atoms with Crippen molar-refractivity contribution in [3.63, 3.8) is 0 Å². The minimum absolute atomic E-state index is 0.252. The van der Waals surface area contributed by atoms with Crippen LogP contribution < -0.4 is 0 Å². The van der Waals surface area contributed by atoms with Gasteiger partial charge in [-0.25, -0.2) is 9.59 Å². The van der Waals surface area contributed by atoms with Gasteiger partial charge >= 0.3 is 11.9 Å². The van der Waals surface area contributed by atoms with Crippen molar-refractivity contribution in [2.75, 3.05) is 7.11 Å². The first kappa shape index (κ1) is 20.9. The van der Waals surface area contributed by atoms with Gasteiger partial charge in [0.2, 0.25) is 5.78 Å². The highest BCUT2D eigenvalue weighted by Crippen LogP contribution is 2.25. The molecule has 2 heterocycles. The van der Waals surface area contributed by atoms with E-state index in [-0.39, 0.29) is 11.5 Å². The van der Waals surface area contributed by atoms with E-state index in [9.17, 15) is 14.4 Å². The largest absolute Gasteiger partial charge is 0.465 e. The third kappa shape index (κ3) is 4.30. The van der Waals surface area contributed by atoms with Crippen LogP contribution in [-0.4, -0.2) is 35.9 Å². The molecule has 6 nitrogen and oxygen atoms in total. The minimum atomic E-state index is -0.975. The summed E-state index contributed by atoms with van der Waals surface area (Å²) in [5.74, 6) is -1.41. The van der Waals surface area contributed by atoms with Gasteiger partial charge in [0.05, 0.1) is 18.4 Å². The van der Waals surface area contributed by atoms with Crippen molar-refractivity contribution in [2.45, 2.75) is 53.6 Å². The van der Waals surface area contributed by atoms with Gasteiger partial charge in [0.25, 0.3) is 0 Å². The smallest absolute Gasteiger partial charge is 0.349 e. The van der Waals surface area contributed by atoms with Crippen LogP contribution in [0.5, 0.6) is 0 Å². The van der Waals surface area contributed by atoms with Gasteiger partial charge in [0, 0.05) is 10.6 Å². The molecule has 0 spiro atoms. The number of aromatic amines is 1. The quantitative estimate of drug-likeness (QED) is 0.565. The number of nitrogens with one attached hydrogen (secondary N) is 1. The molecule has 0 aliphatic carbocycles. The van der Waals surface area contributed by atoms with Crippen LogP contribution in [0.3, 0.4) is 0 Å². The highest BCUT2D eigenvalue weighted by atomic mass is 32.1. The Morgan fingerprint density at radius 2 is 1.85 bits per heavy atom. The van der Waals surface area contributed by atoms with Crippen LogP contribution in [0.15, 0.2) is 6.07 Å². The van der Waals surface area contributed by atoms with Gasteiger partial charge in [-0.05, 0) is 51.3 Å². The van der Waals surface area contributed by atoms with Crippen molar-refractivity contribution in [1.29, 1.82) is 0 Å². The number of esters is 2. The van der Waals surface area contributed by atoms with E-state index in [1.54, 1.807) is 13.8 Å². The van der Waals surface area contributed by atoms with Crippen LogP contribution in [0.1, 0.15) is 72.5 Å². The fraction of sp³-hybridized carbons (Fsp3) is 0.450. The van der Waals surface area contributed by atoms with Gasteiger partial charge in [-0.3, -0.25) is 4.79 Å². The molecule has 0 aliphatic rings. The van der Waals surface area contributed by atoms with Crippen LogP contribution in [0, 0.1) is 20.8 Å². The molecular formula is C20H25NO5S. The number of carbonyl (C=O) groups excluding carboxylic acids is 3. The summed E-state index contributed by atoms with van der Waals surface area (Å²) >= 11 is 1.37. The van der Waals surface area contributed by atoms with Gasteiger partial charge in [0.15, 0.2) is 6.10 Å². The number of H-pyrrole nitrogens is 1. The molecule has 0 aliphatic heterocycles. The van der Waals surface area contributed by atoms with E-state index in [1.807, 2.05) is 13.0 Å². The monoisotopic (exact) mass is 391 g/mol. The third-order valence-corrected chi connectivity index (χ3v) is 5.54. The van der Waals surface area contributed by atoms with E-state index >= 15 is 0 Å². The predicted molar refractivity (Wildman–Crippen MR) is 104 cm³/mol. The second-order valence-electron chi connectivity index (χ2n) is 6.47. The summed E-state index contributed by atoms with van der Waals surface area (Å²) in [4.78, 5) is 41.5. The van der Waals surface area contributed by atoms with Gasteiger partial charge < -0.3 is 14.5 Å². The highest BCUT2D eigenvalue weighted by Gasteiger charge is 2.28. The Kier molecular flexibility index (Phi) is 6.59. The van der Waals surface area contributed by atoms with Crippen molar-refractivity contribution in [3.05, 3.63) is 43.9 Å². The standard InChI is InChI=1S/C20H25NO5S/c1-7-8-14-9-15(27-13(14)5)19(23)26-12(4)18(22)17-10(2)16(11(3)21-17)20(24)25-6/h9,12,21H,7-8H2,1-6H3/t12-/m0/s1. The second kappa shape index (κ2) is 8.52. The van der Waals surface area contributed by atoms with Crippen molar-refractivity contribution in [3.8, 4) is 0 Å². The van der Waals surface area contributed by atoms with Crippen molar-refractivity contribution >= 4 is 29.1 Å². The Morgan fingerprint density at radius 1 is 1.19 bits per heavy atom. The number of carbonyl (C=O) groups is 3. The lowest BCUT2D eigenvalue weighted by Crippen LogP contribution is -2.25. The molecule has 0 amide bonds. The van der Waals surface area contributed by atoms with Gasteiger partial charge in [0.1, 0.15) is 4.88 Å². The molecule has 0 saturated carbocycles. The van der Waals surface area contributed by atoms with Gasteiger partial charge in [-0.1, -0.05) is 13.3 Å². The van der Waals surface area contributed by atoms with Crippen LogP contribution in [-0.2, 0) is 15.9 Å². The lowest BCUT2D eigenvalue weighted by Gasteiger charge is -2.11. The fourth-order valence-corrected chi connectivity index (χ4v) is 3.97. The number of rotatable bonds is 7. The molecule has 1 atom stereocenters. The molecule has 2 aromatic rings. The second-order valence-corrected chi connectivity index (χ2v) is 7.73. The molecule has 146 valence electrons. The maximum Gasteiger partial charge on any atom is 0.349 e. The number of Topliss-reactive ketones (excluding diaryl/α,β-unsaturated/α-hetero) is 1. The summed E-state index contributed by atoms with van der Waals surface area (Å²) in [5, 5.41) is 0. The molecule has 0 fully saturated rings. The lowest BCUT2D eigenvalue weighted by atomic mass is 10.1. The zero-order chi connectivity index (χ0) is 20.3. The van der Waals surface area contributed by atoms with Crippen molar-refractivity contribution < 1.29 is 23.9 Å². The van der Waals surface area contributed by atoms with Crippen LogP contribution in [0.25, 0.3) is 0 Å². The summed E-state index contributed by atoms with van der Waals surface area (Å²) in [6, 6.07) is 1.84. The molecular weight excluding hydrogens is 366 g/mol. The maximum absolute atomic E-state index is 12.7. The Balaban J connectivity index is 2.17. The summed E-state index contributed by atoms with van der Waals surface area (Å²) < 4.78 is 10.1. The zero-order valence-electron chi connectivity index (χ0n) is 16.5. The number of ketones is 1. The van der Waals surface area contributed by atoms with Crippen molar-refractivity contribution in [1.82, 2.24) is 4.98 Å². The maximum atomic E-state index is 12.7. The molecule has 2 aromatic heterocycles. The summed E-state index contributed by atoms with van der Waals surface area (Å²) in [5.41, 5.74) is 2.75. The van der Waals surface area contributed by atoms with E-state index in [4.69, 9.17) is 9.47 Å². The van der Waals surface area contributed by atoms with E-state index < -0.39 is 18.0 Å². The Labute approximate surface area is 162 Å². The summed E-state index contributed by atoms with van der Waals surface area (Å²) in [6.07, 6.45) is 0.924. The minimum Gasteiger partial charge on any atom is -0.465 e. The Hall–Kier alpha value is -2.41. The number of ether oxygens (including phenoxy) is 2. The van der Waals surface area contributed by atoms with E-state index in [0.717, 1.165) is 23.3 Å². The Morgan fingerprint density at radius 3 is 2.44 bits per heavy atom. The topological polar surface area (TPSA) is 85.5 Å². The predicted octanol–water partition coefficient (Wildman–Crippen LogP) is 4.17. The molecule has 1 N–H and O–H groups in total. The first-order valence-electron chi connectivity index (χ1n) is 8.83. The summed E-state index contributed by atoms with van der Waals surface area (Å²) in [7, 11) is 1.29. The number of thiophene rings is 1. The molecule has 7 heteroatoms. The third-order valence-electron chi connectivity index (χ3n) is 4.47. The highest BCUT2D eigenvalue weighted by molar-refractivity contribution is 7.14. The first-order valence-corrected chi connectivity index (χ1v) is 9.64. The number of hydrogen-bond acceptors (Lipinski definition) is 6. The molecule has 0 unspecified atom stereocenters. The van der Waals surface area contributed by atoms with E-state index in [1.165, 1.54) is 25.4 Å². The van der Waals surface area contributed by atoms with E-state index in [2.05, 4.69) is 11.9 Å². The molecule has 0 saturated heterocycles. The number of hydrogen-bond donors (Lipinski definition) is 1. The van der Waals surface area contributed by atoms with Gasteiger partial charge in [-0.15, -0.1) is 11.3 Å². The summed E-state index contributed by atoms with van der Waals surface area (Å²) in [6.45, 7) is 8.94. The first-order chi connectivity index (χ1) is 12.7. The fourth-order valence-electron chi connectivity index (χ4n) is 3.02. The molecule has 0 aromatic carbocycles. The van der Waals surface area contributed by atoms with Crippen LogP contribution in [0.2, 0.25) is 0 Å². The SMILES string of the molecule is CCCc1cc(C(=O)O[C@@H](C)C(=O)c2[nH]c(C)c(C(=O)OC)c2C)sc1C. The van der Waals surface area contributed by atoms with Crippen molar-refractivity contribution in [2.24, 2.45) is 0 Å². The molecule has 2 rings (SSSR count). The van der Waals surface area contributed by atoms with Crippen LogP contribution in [0.4, 0.5) is 0 Å². The average Bonchev–Trinajstić information content (AvgIpc) is 3.13. The van der Waals surface area contributed by atoms with Gasteiger partial charge in [-0.2, -0.15) is 0 Å². The number of aryl methyl sites for hydroxylation is 3.